The summed E-state index contributed by atoms with van der Waals surface area (Å²) in [7, 11) is 0. The average Bonchev–Trinajstić information content (AvgIpc) is 3.17. The molecule has 1 amide bonds. The maximum absolute atomic E-state index is 12.9. The number of nitrogens with two attached hydrogens (primary N) is 1. The standard InChI is InChI=1S/C24H27N5O4/c1-4-32-24(23(31)27-13-17-9-11-18(12-10-17)22(25)26)29-14-15(2)21(28-29)19-7-5-6-8-20(19)33-16(3)30/h5-12,14,24H,4,13H2,1-3H3,(H3,25,26)(H,27,31). The SMILES string of the molecule is CCOC(C(=O)NCc1ccc(C(=N)N)cc1)n1cc(C)c(-c2ccccc2OC(C)=O)n1. The first-order valence-electron chi connectivity index (χ1n) is 10.5. The predicted octanol–water partition coefficient (Wildman–Crippen LogP) is 2.92. The number of rotatable bonds is 9. The molecule has 0 aliphatic rings. The summed E-state index contributed by atoms with van der Waals surface area (Å²) in [6.45, 7) is 5.59. The molecule has 2 aromatic carbocycles. The van der Waals surface area contributed by atoms with Gasteiger partial charge in [0, 0.05) is 37.4 Å². The van der Waals surface area contributed by atoms with E-state index in [1.54, 1.807) is 55.6 Å². The van der Waals surface area contributed by atoms with Gasteiger partial charge in [-0.3, -0.25) is 15.0 Å². The number of carbonyl (C=O) groups is 2. The van der Waals surface area contributed by atoms with Gasteiger partial charge < -0.3 is 20.5 Å². The summed E-state index contributed by atoms with van der Waals surface area (Å²) in [4.78, 5) is 24.4. The molecule has 33 heavy (non-hydrogen) atoms. The van der Waals surface area contributed by atoms with Crippen LogP contribution in [0.3, 0.4) is 0 Å². The molecule has 1 unspecified atom stereocenters. The Balaban J connectivity index is 1.80. The maximum Gasteiger partial charge on any atom is 0.308 e. The van der Waals surface area contributed by atoms with Crippen molar-refractivity contribution in [3.05, 3.63) is 71.4 Å². The van der Waals surface area contributed by atoms with E-state index >= 15 is 0 Å². The van der Waals surface area contributed by atoms with Gasteiger partial charge in [-0.15, -0.1) is 0 Å². The minimum Gasteiger partial charge on any atom is -0.426 e. The summed E-state index contributed by atoms with van der Waals surface area (Å²) in [6.07, 6.45) is 0.751. The highest BCUT2D eigenvalue weighted by Crippen LogP contribution is 2.31. The molecule has 1 aromatic heterocycles. The van der Waals surface area contributed by atoms with Crippen molar-refractivity contribution in [3.63, 3.8) is 0 Å². The van der Waals surface area contributed by atoms with Crippen LogP contribution in [0.5, 0.6) is 5.75 Å². The fraction of sp³-hybridized carbons (Fsp3) is 0.250. The Kier molecular flexibility index (Phi) is 7.57. The van der Waals surface area contributed by atoms with Crippen molar-refractivity contribution in [2.24, 2.45) is 5.73 Å². The average molecular weight is 450 g/mol. The molecule has 0 spiro atoms. The van der Waals surface area contributed by atoms with Gasteiger partial charge in [0.05, 0.1) is 5.69 Å². The van der Waals surface area contributed by atoms with Crippen LogP contribution in [-0.4, -0.2) is 34.1 Å². The number of amidine groups is 1. The molecule has 3 aromatic rings. The quantitative estimate of drug-likeness (QED) is 0.199. The van der Waals surface area contributed by atoms with Gasteiger partial charge in [-0.05, 0) is 37.1 Å². The smallest absolute Gasteiger partial charge is 0.308 e. The van der Waals surface area contributed by atoms with Gasteiger partial charge in [0.15, 0.2) is 0 Å². The Morgan fingerprint density at radius 1 is 1.18 bits per heavy atom. The van der Waals surface area contributed by atoms with Gasteiger partial charge in [-0.25, -0.2) is 4.68 Å². The first-order chi connectivity index (χ1) is 15.8. The van der Waals surface area contributed by atoms with E-state index in [1.165, 1.54) is 11.6 Å². The molecule has 0 aliphatic carbocycles. The van der Waals surface area contributed by atoms with E-state index in [0.717, 1.165) is 11.1 Å². The zero-order valence-electron chi connectivity index (χ0n) is 18.8. The van der Waals surface area contributed by atoms with Crippen molar-refractivity contribution in [2.75, 3.05) is 6.61 Å². The first-order valence-corrected chi connectivity index (χ1v) is 10.5. The maximum atomic E-state index is 12.9. The summed E-state index contributed by atoms with van der Waals surface area (Å²) in [5, 5.41) is 14.9. The minimum atomic E-state index is -0.972. The number of esters is 1. The van der Waals surface area contributed by atoms with E-state index in [0.29, 0.717) is 29.2 Å². The molecule has 0 aliphatic heterocycles. The lowest BCUT2D eigenvalue weighted by atomic mass is 10.1. The van der Waals surface area contributed by atoms with Crippen LogP contribution in [0.15, 0.2) is 54.7 Å². The molecule has 0 saturated carbocycles. The number of aromatic nitrogens is 2. The highest BCUT2D eigenvalue weighted by molar-refractivity contribution is 5.94. The second kappa shape index (κ2) is 10.6. The lowest BCUT2D eigenvalue weighted by Gasteiger charge is -2.17. The van der Waals surface area contributed by atoms with Crippen molar-refractivity contribution < 1.29 is 19.1 Å². The van der Waals surface area contributed by atoms with Gasteiger partial charge in [-0.1, -0.05) is 36.4 Å². The van der Waals surface area contributed by atoms with Crippen LogP contribution in [0, 0.1) is 12.3 Å². The molecule has 4 N–H and O–H groups in total. The lowest BCUT2D eigenvalue weighted by molar-refractivity contribution is -0.139. The summed E-state index contributed by atoms with van der Waals surface area (Å²) in [5.74, 6) is -0.399. The summed E-state index contributed by atoms with van der Waals surface area (Å²) >= 11 is 0. The predicted molar refractivity (Wildman–Crippen MR) is 124 cm³/mol. The fourth-order valence-corrected chi connectivity index (χ4v) is 3.28. The number of carbonyl (C=O) groups excluding carboxylic acids is 2. The number of aryl methyl sites for hydroxylation is 1. The summed E-state index contributed by atoms with van der Waals surface area (Å²) in [5.41, 5.74) is 8.98. The lowest BCUT2D eigenvalue weighted by Crippen LogP contribution is -2.34. The highest BCUT2D eigenvalue weighted by atomic mass is 16.5. The van der Waals surface area contributed by atoms with E-state index in [4.69, 9.17) is 20.6 Å². The number of nitrogens with zero attached hydrogens (tertiary/aromatic N) is 2. The first kappa shape index (κ1) is 23.7. The number of benzene rings is 2. The topological polar surface area (TPSA) is 132 Å². The van der Waals surface area contributed by atoms with Gasteiger partial charge in [-0.2, -0.15) is 5.10 Å². The van der Waals surface area contributed by atoms with Crippen molar-refractivity contribution in [2.45, 2.75) is 33.5 Å². The normalized spacial score (nSPS) is 11.6. The molecule has 3 rings (SSSR count). The number of hydrogen-bond acceptors (Lipinski definition) is 6. The summed E-state index contributed by atoms with van der Waals surface area (Å²) in [6, 6.07) is 14.2. The van der Waals surface area contributed by atoms with Crippen LogP contribution in [0.4, 0.5) is 0 Å². The Bertz CT molecular complexity index is 1150. The minimum absolute atomic E-state index is 0.0119. The Labute approximate surface area is 192 Å². The van der Waals surface area contributed by atoms with Crippen molar-refractivity contribution in [3.8, 4) is 17.0 Å². The zero-order valence-corrected chi connectivity index (χ0v) is 18.8. The van der Waals surface area contributed by atoms with Crippen LogP contribution in [0.1, 0.15) is 36.8 Å². The number of nitrogens with one attached hydrogen (secondary N) is 2. The van der Waals surface area contributed by atoms with Crippen molar-refractivity contribution >= 4 is 17.7 Å². The van der Waals surface area contributed by atoms with E-state index in [1.807, 2.05) is 13.0 Å². The van der Waals surface area contributed by atoms with Gasteiger partial charge >= 0.3 is 5.97 Å². The Morgan fingerprint density at radius 3 is 2.52 bits per heavy atom. The second-order valence-corrected chi connectivity index (χ2v) is 7.37. The molecule has 0 saturated heterocycles. The van der Waals surface area contributed by atoms with Crippen LogP contribution in [0.25, 0.3) is 11.3 Å². The Morgan fingerprint density at radius 2 is 1.88 bits per heavy atom. The monoisotopic (exact) mass is 449 g/mol. The molecule has 1 heterocycles. The van der Waals surface area contributed by atoms with Crippen LogP contribution >= 0.6 is 0 Å². The molecule has 9 heteroatoms. The third kappa shape index (κ3) is 5.83. The van der Waals surface area contributed by atoms with Crippen LogP contribution in [-0.2, 0) is 20.9 Å². The number of hydrogen-bond donors (Lipinski definition) is 3. The van der Waals surface area contributed by atoms with Gasteiger partial charge in [0.1, 0.15) is 11.6 Å². The van der Waals surface area contributed by atoms with Crippen molar-refractivity contribution in [1.82, 2.24) is 15.1 Å². The van der Waals surface area contributed by atoms with Crippen molar-refractivity contribution in [1.29, 1.82) is 5.41 Å². The number of amides is 1. The zero-order chi connectivity index (χ0) is 24.0. The third-order valence-electron chi connectivity index (χ3n) is 4.83. The molecular weight excluding hydrogens is 422 g/mol. The van der Waals surface area contributed by atoms with Gasteiger partial charge in [0.25, 0.3) is 5.91 Å². The number of ether oxygens (including phenoxy) is 2. The molecule has 172 valence electrons. The van der Waals surface area contributed by atoms with Crippen LogP contribution < -0.4 is 15.8 Å². The van der Waals surface area contributed by atoms with Gasteiger partial charge in [0.2, 0.25) is 6.23 Å². The molecule has 0 fully saturated rings. The van der Waals surface area contributed by atoms with E-state index < -0.39 is 12.2 Å². The molecule has 1 atom stereocenters. The summed E-state index contributed by atoms with van der Waals surface area (Å²) < 4.78 is 12.5. The highest BCUT2D eigenvalue weighted by Gasteiger charge is 2.24. The molecule has 0 bridgehead atoms. The molecule has 9 nitrogen and oxygen atoms in total. The molecular formula is C24H27N5O4. The number of para-hydroxylation sites is 1. The Hall–Kier alpha value is -3.98. The van der Waals surface area contributed by atoms with E-state index in [2.05, 4.69) is 10.4 Å². The second-order valence-electron chi connectivity index (χ2n) is 7.37. The largest absolute Gasteiger partial charge is 0.426 e. The molecule has 0 radical (unpaired) electrons. The number of nitrogen functional groups attached to an aromatic ring is 1. The van der Waals surface area contributed by atoms with E-state index in [-0.39, 0.29) is 18.3 Å². The van der Waals surface area contributed by atoms with E-state index in [9.17, 15) is 9.59 Å². The fourth-order valence-electron chi connectivity index (χ4n) is 3.28. The third-order valence-corrected chi connectivity index (χ3v) is 4.83. The van der Waals surface area contributed by atoms with Crippen LogP contribution in [0.2, 0.25) is 0 Å².